The maximum atomic E-state index is 12.7. The van der Waals surface area contributed by atoms with Crippen LogP contribution in [-0.4, -0.2) is 58.0 Å². The van der Waals surface area contributed by atoms with Gasteiger partial charge in [-0.05, 0) is 13.0 Å². The van der Waals surface area contributed by atoms with Gasteiger partial charge >= 0.3 is 0 Å². The van der Waals surface area contributed by atoms with Crippen LogP contribution in [-0.2, 0) is 4.74 Å². The Morgan fingerprint density at radius 3 is 3.19 bits per heavy atom. The molecular formula is C13H16N4O3S. The number of aliphatic hydroxyl groups is 1. The van der Waals surface area contributed by atoms with E-state index >= 15 is 0 Å². The third-order valence-electron chi connectivity index (χ3n) is 3.58. The second-order valence-electron chi connectivity index (χ2n) is 5.04. The molecule has 2 atom stereocenters. The number of hydrogen-bond donors (Lipinski definition) is 2. The Bertz CT molecular complexity index is 674. The van der Waals surface area contributed by atoms with Crippen molar-refractivity contribution in [2.45, 2.75) is 19.1 Å². The van der Waals surface area contributed by atoms with E-state index in [1.54, 1.807) is 17.2 Å². The minimum Gasteiger partial charge on any atom is -0.397 e. The Morgan fingerprint density at radius 1 is 1.67 bits per heavy atom. The fourth-order valence-corrected chi connectivity index (χ4v) is 3.37. The van der Waals surface area contributed by atoms with E-state index < -0.39 is 0 Å². The van der Waals surface area contributed by atoms with Crippen molar-refractivity contribution in [3.8, 4) is 0 Å². The summed E-state index contributed by atoms with van der Waals surface area (Å²) in [5.74, 6) is -0.148. The summed E-state index contributed by atoms with van der Waals surface area (Å²) in [6.45, 7) is 2.57. The number of hydrogen-bond acceptors (Lipinski definition) is 7. The molecule has 0 aliphatic carbocycles. The lowest BCUT2D eigenvalue weighted by molar-refractivity contribution is -0.0666. The fraction of sp³-hybridized carbons (Fsp3) is 0.462. The summed E-state index contributed by atoms with van der Waals surface area (Å²) in [4.78, 5) is 15.5. The molecule has 3 heterocycles. The molecule has 3 N–H and O–H groups in total. The predicted molar refractivity (Wildman–Crippen MR) is 79.2 cm³/mol. The van der Waals surface area contributed by atoms with Gasteiger partial charge in [0.25, 0.3) is 5.91 Å². The predicted octanol–water partition coefficient (Wildman–Crippen LogP) is 0.495. The Morgan fingerprint density at radius 2 is 2.48 bits per heavy atom. The van der Waals surface area contributed by atoms with E-state index in [1.807, 2.05) is 6.92 Å². The maximum absolute atomic E-state index is 12.7. The number of nitrogens with two attached hydrogens (primary N) is 1. The van der Waals surface area contributed by atoms with E-state index in [-0.39, 0.29) is 24.7 Å². The van der Waals surface area contributed by atoms with Gasteiger partial charge in [0.15, 0.2) is 0 Å². The highest BCUT2D eigenvalue weighted by molar-refractivity contribution is 7.21. The van der Waals surface area contributed by atoms with Crippen LogP contribution < -0.4 is 5.73 Å². The molecule has 0 aromatic carbocycles. The lowest BCUT2D eigenvalue weighted by atomic mass is 10.1. The van der Waals surface area contributed by atoms with Crippen molar-refractivity contribution in [3.63, 3.8) is 0 Å². The molecule has 2 aromatic heterocycles. The highest BCUT2D eigenvalue weighted by atomic mass is 32.1. The van der Waals surface area contributed by atoms with E-state index in [1.165, 1.54) is 11.3 Å². The number of morpholine rings is 1. The van der Waals surface area contributed by atoms with E-state index in [2.05, 4.69) is 10.2 Å². The molecule has 112 valence electrons. The second kappa shape index (κ2) is 5.55. The summed E-state index contributed by atoms with van der Waals surface area (Å²) in [6.07, 6.45) is 1.21. The van der Waals surface area contributed by atoms with Crippen LogP contribution in [0.15, 0.2) is 12.3 Å². The van der Waals surface area contributed by atoms with Gasteiger partial charge in [-0.25, -0.2) is 0 Å². The van der Waals surface area contributed by atoms with Gasteiger partial charge in [0.2, 0.25) is 0 Å². The molecule has 1 amide bonds. The molecular weight excluding hydrogens is 292 g/mol. The minimum absolute atomic E-state index is 0.0593. The van der Waals surface area contributed by atoms with Gasteiger partial charge in [0.05, 0.1) is 37.2 Å². The molecule has 2 aromatic rings. The molecule has 7 nitrogen and oxygen atoms in total. The van der Waals surface area contributed by atoms with Gasteiger partial charge < -0.3 is 20.5 Å². The molecule has 3 rings (SSSR count). The average molecular weight is 308 g/mol. The van der Waals surface area contributed by atoms with Crippen molar-refractivity contribution < 1.29 is 14.6 Å². The van der Waals surface area contributed by atoms with Crippen LogP contribution in [0, 0.1) is 0 Å². The van der Waals surface area contributed by atoms with Crippen LogP contribution in [0.1, 0.15) is 16.6 Å². The number of aliphatic hydroxyl groups excluding tert-OH is 1. The van der Waals surface area contributed by atoms with Gasteiger partial charge in [0.1, 0.15) is 9.71 Å². The lowest BCUT2D eigenvalue weighted by Gasteiger charge is -2.37. The SMILES string of the molecule is CC1COC(CO)CN1C(=O)c1sc2nnccc2c1N. The van der Waals surface area contributed by atoms with Crippen molar-refractivity contribution in [1.82, 2.24) is 15.1 Å². The number of nitrogen functional groups attached to an aromatic ring is 1. The van der Waals surface area contributed by atoms with Crippen LogP contribution in [0.3, 0.4) is 0 Å². The van der Waals surface area contributed by atoms with Crippen LogP contribution >= 0.6 is 11.3 Å². The Hall–Kier alpha value is -1.77. The van der Waals surface area contributed by atoms with Gasteiger partial charge in [-0.2, -0.15) is 5.10 Å². The van der Waals surface area contributed by atoms with E-state index in [0.717, 1.165) is 5.39 Å². The van der Waals surface area contributed by atoms with Gasteiger partial charge in [-0.3, -0.25) is 4.79 Å². The number of amides is 1. The summed E-state index contributed by atoms with van der Waals surface area (Å²) >= 11 is 1.24. The smallest absolute Gasteiger partial charge is 0.266 e. The number of rotatable bonds is 2. The number of ether oxygens (including phenoxy) is 1. The number of fused-ring (bicyclic) bond motifs is 1. The van der Waals surface area contributed by atoms with Crippen LogP contribution in [0.4, 0.5) is 5.69 Å². The zero-order valence-electron chi connectivity index (χ0n) is 11.5. The number of nitrogens with zero attached hydrogens (tertiary/aromatic N) is 3. The zero-order valence-corrected chi connectivity index (χ0v) is 12.3. The van der Waals surface area contributed by atoms with Gasteiger partial charge in [-0.15, -0.1) is 16.4 Å². The van der Waals surface area contributed by atoms with E-state index in [4.69, 9.17) is 10.5 Å². The summed E-state index contributed by atoms with van der Waals surface area (Å²) in [5.41, 5.74) is 6.51. The number of aromatic nitrogens is 2. The van der Waals surface area contributed by atoms with Gasteiger partial charge in [0, 0.05) is 11.9 Å². The van der Waals surface area contributed by atoms with Crippen LogP contribution in [0.2, 0.25) is 0 Å². The van der Waals surface area contributed by atoms with Crippen molar-refractivity contribution in [1.29, 1.82) is 0 Å². The van der Waals surface area contributed by atoms with E-state index in [9.17, 15) is 9.90 Å². The number of anilines is 1. The number of thiophene rings is 1. The Kier molecular flexibility index (Phi) is 3.75. The summed E-state index contributed by atoms with van der Waals surface area (Å²) in [5, 5.41) is 17.8. The second-order valence-corrected chi connectivity index (χ2v) is 6.04. The quantitative estimate of drug-likeness (QED) is 0.837. The molecule has 0 saturated carbocycles. The standard InChI is InChI=1S/C13H16N4O3S/c1-7-6-20-8(5-18)4-17(7)13(19)11-10(14)9-2-3-15-16-12(9)21-11/h2-3,7-8,18H,4-6,14H2,1H3. The molecule has 0 bridgehead atoms. The first-order valence-electron chi connectivity index (χ1n) is 6.65. The fourth-order valence-electron chi connectivity index (χ4n) is 2.37. The van der Waals surface area contributed by atoms with E-state index in [0.29, 0.717) is 28.5 Å². The Labute approximate surface area is 125 Å². The summed E-state index contributed by atoms with van der Waals surface area (Å²) in [6, 6.07) is 1.69. The van der Waals surface area contributed by atoms with Crippen molar-refractivity contribution in [2.24, 2.45) is 0 Å². The zero-order chi connectivity index (χ0) is 15.0. The molecule has 1 aliphatic heterocycles. The van der Waals surface area contributed by atoms with Crippen molar-refractivity contribution in [2.75, 3.05) is 25.5 Å². The third kappa shape index (κ3) is 2.45. The molecule has 0 radical (unpaired) electrons. The molecule has 1 fully saturated rings. The van der Waals surface area contributed by atoms with Crippen molar-refractivity contribution in [3.05, 3.63) is 17.1 Å². The maximum Gasteiger partial charge on any atom is 0.266 e. The number of carbonyl (C=O) groups excluding carboxylic acids is 1. The normalized spacial score (nSPS) is 22.7. The first-order chi connectivity index (χ1) is 10.1. The third-order valence-corrected chi connectivity index (χ3v) is 4.68. The highest BCUT2D eigenvalue weighted by Crippen LogP contribution is 2.33. The summed E-state index contributed by atoms with van der Waals surface area (Å²) in [7, 11) is 0. The molecule has 21 heavy (non-hydrogen) atoms. The molecule has 2 unspecified atom stereocenters. The first kappa shape index (κ1) is 14.2. The first-order valence-corrected chi connectivity index (χ1v) is 7.46. The Balaban J connectivity index is 1.94. The van der Waals surface area contributed by atoms with Crippen molar-refractivity contribution >= 4 is 33.1 Å². The molecule has 1 aliphatic rings. The monoisotopic (exact) mass is 308 g/mol. The lowest BCUT2D eigenvalue weighted by Crippen LogP contribution is -2.51. The van der Waals surface area contributed by atoms with Crippen LogP contribution in [0.5, 0.6) is 0 Å². The largest absolute Gasteiger partial charge is 0.397 e. The van der Waals surface area contributed by atoms with Crippen LogP contribution in [0.25, 0.3) is 10.2 Å². The number of carbonyl (C=O) groups is 1. The summed E-state index contributed by atoms with van der Waals surface area (Å²) < 4.78 is 5.45. The highest BCUT2D eigenvalue weighted by Gasteiger charge is 2.32. The molecule has 8 heteroatoms. The topological polar surface area (TPSA) is 102 Å². The molecule has 0 spiro atoms. The minimum atomic E-state index is -0.347. The average Bonchev–Trinajstić information content (AvgIpc) is 2.85. The van der Waals surface area contributed by atoms with Gasteiger partial charge in [-0.1, -0.05) is 0 Å². The molecule has 1 saturated heterocycles.